The Morgan fingerprint density at radius 3 is 2.69 bits per heavy atom. The highest BCUT2D eigenvalue weighted by Gasteiger charge is 2.49. The molecule has 2 fully saturated rings. The van der Waals surface area contributed by atoms with Crippen molar-refractivity contribution in [3.63, 3.8) is 0 Å². The van der Waals surface area contributed by atoms with Gasteiger partial charge in [0.25, 0.3) is 5.91 Å². The molecular weight excluding hydrogens is 500 g/mol. The van der Waals surface area contributed by atoms with Gasteiger partial charge in [-0.2, -0.15) is 4.98 Å². The lowest BCUT2D eigenvalue weighted by molar-refractivity contribution is -0.136. The molecule has 3 aliphatic heterocycles. The summed E-state index contributed by atoms with van der Waals surface area (Å²) in [5, 5.41) is 18.2. The molecule has 3 amide bonds. The highest BCUT2D eigenvalue weighted by Crippen LogP contribution is 2.47. The molecule has 11 heteroatoms. The van der Waals surface area contributed by atoms with Gasteiger partial charge in [-0.25, -0.2) is 0 Å². The number of likely N-dealkylation sites (tertiary alicyclic amines) is 1. The second-order valence-electron chi connectivity index (χ2n) is 11.3. The number of fused-ring (bicyclic) bond motifs is 1. The second-order valence-corrected chi connectivity index (χ2v) is 11.3. The first-order chi connectivity index (χ1) is 18.6. The topological polar surface area (TPSA) is 142 Å². The molecular formula is C28H30N6O5. The van der Waals surface area contributed by atoms with Crippen LogP contribution in [-0.2, 0) is 28.3 Å². The fraction of sp³-hybridized carbons (Fsp3) is 0.429. The molecule has 202 valence electrons. The van der Waals surface area contributed by atoms with Gasteiger partial charge in [0.05, 0.1) is 5.60 Å². The van der Waals surface area contributed by atoms with Gasteiger partial charge in [-0.3, -0.25) is 29.6 Å². The van der Waals surface area contributed by atoms with Gasteiger partial charge in [0.1, 0.15) is 11.7 Å². The summed E-state index contributed by atoms with van der Waals surface area (Å²) in [5.41, 5.74) is 2.23. The number of nitrogens with one attached hydrogen (secondary N) is 1. The first-order valence-electron chi connectivity index (χ1n) is 13.1. The molecule has 2 saturated heterocycles. The lowest BCUT2D eigenvalue weighted by atomic mass is 9.66. The first-order valence-corrected chi connectivity index (χ1v) is 13.1. The van der Waals surface area contributed by atoms with E-state index in [9.17, 15) is 19.5 Å². The summed E-state index contributed by atoms with van der Waals surface area (Å²) >= 11 is 0. The molecule has 2 atom stereocenters. The number of aliphatic hydroxyl groups is 1. The molecule has 1 aromatic carbocycles. The van der Waals surface area contributed by atoms with Crippen LogP contribution < -0.4 is 5.32 Å². The van der Waals surface area contributed by atoms with Gasteiger partial charge in [-0.1, -0.05) is 37.2 Å². The van der Waals surface area contributed by atoms with Gasteiger partial charge in [0.2, 0.25) is 24.0 Å². The van der Waals surface area contributed by atoms with Crippen LogP contribution in [0.1, 0.15) is 60.2 Å². The normalized spacial score (nSPS) is 25.1. The predicted molar refractivity (Wildman–Crippen MR) is 138 cm³/mol. The highest BCUT2D eigenvalue weighted by molar-refractivity contribution is 6.05. The number of pyridine rings is 1. The van der Waals surface area contributed by atoms with Crippen molar-refractivity contribution in [2.24, 2.45) is 5.41 Å². The van der Waals surface area contributed by atoms with Crippen LogP contribution in [0.4, 0.5) is 0 Å². The molecule has 0 radical (unpaired) electrons. The molecule has 2 aromatic heterocycles. The molecule has 3 aliphatic rings. The van der Waals surface area contributed by atoms with Crippen molar-refractivity contribution in [1.82, 2.24) is 30.2 Å². The number of benzene rings is 1. The van der Waals surface area contributed by atoms with E-state index in [2.05, 4.69) is 39.2 Å². The highest BCUT2D eigenvalue weighted by atomic mass is 16.5. The monoisotopic (exact) mass is 530 g/mol. The third kappa shape index (κ3) is 4.41. The Morgan fingerprint density at radius 2 is 2.00 bits per heavy atom. The Morgan fingerprint density at radius 1 is 1.15 bits per heavy atom. The number of rotatable bonds is 5. The van der Waals surface area contributed by atoms with Gasteiger partial charge in [0, 0.05) is 49.8 Å². The number of aromatic nitrogens is 3. The number of hydrogen-bond acceptors (Lipinski definition) is 9. The average molecular weight is 531 g/mol. The number of carbonyl (C=O) groups excluding carboxylic acids is 3. The number of hydrogen-bond donors (Lipinski definition) is 2. The molecule has 6 rings (SSSR count). The van der Waals surface area contributed by atoms with E-state index in [0.29, 0.717) is 49.6 Å². The summed E-state index contributed by atoms with van der Waals surface area (Å²) in [6, 6.07) is 8.72. The van der Waals surface area contributed by atoms with Crippen molar-refractivity contribution in [2.75, 3.05) is 13.1 Å². The molecule has 5 heterocycles. The van der Waals surface area contributed by atoms with Crippen LogP contribution in [0.5, 0.6) is 0 Å². The molecule has 0 unspecified atom stereocenters. The van der Waals surface area contributed by atoms with Crippen LogP contribution in [0, 0.1) is 5.41 Å². The molecule has 0 aliphatic carbocycles. The zero-order valence-corrected chi connectivity index (χ0v) is 21.9. The van der Waals surface area contributed by atoms with E-state index in [1.165, 1.54) is 11.3 Å². The largest absolute Gasteiger partial charge is 0.385 e. The van der Waals surface area contributed by atoms with Crippen molar-refractivity contribution in [2.45, 2.75) is 57.8 Å². The van der Waals surface area contributed by atoms with Crippen LogP contribution in [0.25, 0.3) is 11.5 Å². The summed E-state index contributed by atoms with van der Waals surface area (Å²) in [4.78, 5) is 49.4. The zero-order chi connectivity index (χ0) is 27.4. The van der Waals surface area contributed by atoms with Crippen LogP contribution in [0.2, 0.25) is 0 Å². The molecule has 0 bridgehead atoms. The molecule has 3 aromatic rings. The third-order valence-electron chi connectivity index (χ3n) is 8.35. The minimum Gasteiger partial charge on any atom is -0.385 e. The van der Waals surface area contributed by atoms with Gasteiger partial charge >= 0.3 is 0 Å². The Balaban J connectivity index is 1.16. The van der Waals surface area contributed by atoms with Gasteiger partial charge in [-0.05, 0) is 41.7 Å². The van der Waals surface area contributed by atoms with Crippen LogP contribution in [0.3, 0.4) is 0 Å². The van der Waals surface area contributed by atoms with E-state index < -0.39 is 23.0 Å². The minimum absolute atomic E-state index is 0.214. The average Bonchev–Trinajstić information content (AvgIpc) is 3.55. The zero-order valence-electron chi connectivity index (χ0n) is 21.9. The number of imide groups is 1. The van der Waals surface area contributed by atoms with Gasteiger partial charge in [0.15, 0.2) is 0 Å². The van der Waals surface area contributed by atoms with E-state index in [-0.39, 0.29) is 24.8 Å². The van der Waals surface area contributed by atoms with E-state index in [4.69, 9.17) is 4.52 Å². The smallest absolute Gasteiger partial charge is 0.255 e. The van der Waals surface area contributed by atoms with E-state index in [1.807, 2.05) is 30.5 Å². The quantitative estimate of drug-likeness (QED) is 0.474. The maximum absolute atomic E-state index is 13.1. The number of piperidine rings is 2. The molecule has 11 nitrogen and oxygen atoms in total. The van der Waals surface area contributed by atoms with Gasteiger partial charge < -0.3 is 14.5 Å². The summed E-state index contributed by atoms with van der Waals surface area (Å²) < 4.78 is 4.79. The molecule has 0 saturated carbocycles. The summed E-state index contributed by atoms with van der Waals surface area (Å²) in [6.45, 7) is 6.44. The standard InChI is InChI=1S/C28H30N6O5/c1-27(2)15-33(13-17-3-6-21(29-12-17)24-30-16-39-32-24)10-9-28(27,38)19-4-5-20-18(11-19)14-34(26(20)37)22-7-8-23(35)31-25(22)36/h3-6,11-12,16,22,38H,7-10,13-15H2,1-2H3,(H,31,35,36)/t22-,28+/m1/s1. The van der Waals surface area contributed by atoms with E-state index in [0.717, 1.165) is 16.7 Å². The SMILES string of the molecule is CC1(C)CN(Cc2ccc(-c3ncon3)nc2)CC[C@]1(O)c1ccc2c(c1)CN([C@@H]1CCC(=O)NC1=O)C2=O. The molecule has 39 heavy (non-hydrogen) atoms. The first kappa shape index (κ1) is 25.3. The van der Waals surface area contributed by atoms with Crippen LogP contribution in [0.15, 0.2) is 47.4 Å². The summed E-state index contributed by atoms with van der Waals surface area (Å²) in [6.07, 6.45) is 4.14. The maximum Gasteiger partial charge on any atom is 0.255 e. The lowest BCUT2D eigenvalue weighted by Gasteiger charge is -2.50. The Kier molecular flexibility index (Phi) is 6.07. The van der Waals surface area contributed by atoms with Crippen molar-refractivity contribution >= 4 is 17.7 Å². The van der Waals surface area contributed by atoms with Crippen LogP contribution >= 0.6 is 0 Å². The fourth-order valence-corrected chi connectivity index (χ4v) is 6.12. The number of carbonyl (C=O) groups is 3. The fourth-order valence-electron chi connectivity index (χ4n) is 6.12. The Hall–Kier alpha value is -3.96. The van der Waals surface area contributed by atoms with Crippen molar-refractivity contribution in [3.05, 3.63) is 65.2 Å². The summed E-state index contributed by atoms with van der Waals surface area (Å²) in [5.74, 6) is -0.511. The maximum atomic E-state index is 13.1. The Bertz CT molecular complexity index is 1440. The minimum atomic E-state index is -1.09. The summed E-state index contributed by atoms with van der Waals surface area (Å²) in [7, 11) is 0. The van der Waals surface area contributed by atoms with Crippen molar-refractivity contribution < 1.29 is 24.0 Å². The van der Waals surface area contributed by atoms with E-state index in [1.54, 1.807) is 6.07 Å². The number of nitrogens with zero attached hydrogens (tertiary/aromatic N) is 5. The van der Waals surface area contributed by atoms with E-state index >= 15 is 0 Å². The van der Waals surface area contributed by atoms with Crippen molar-refractivity contribution in [3.8, 4) is 11.5 Å². The molecule has 2 N–H and O–H groups in total. The number of amides is 3. The third-order valence-corrected chi connectivity index (χ3v) is 8.35. The molecule has 0 spiro atoms. The lowest BCUT2D eigenvalue weighted by Crippen LogP contribution is -2.55. The second kappa shape index (κ2) is 9.35. The predicted octanol–water partition coefficient (Wildman–Crippen LogP) is 2.01. The van der Waals surface area contributed by atoms with Gasteiger partial charge in [-0.15, -0.1) is 0 Å². The van der Waals surface area contributed by atoms with Crippen molar-refractivity contribution in [1.29, 1.82) is 0 Å². The Labute approximate surface area is 225 Å². The van der Waals surface area contributed by atoms with Crippen LogP contribution in [-0.4, -0.2) is 66.9 Å².